The highest BCUT2D eigenvalue weighted by Gasteiger charge is 2.26. The highest BCUT2D eigenvalue weighted by atomic mass is 16.6. The summed E-state index contributed by atoms with van der Waals surface area (Å²) in [6.45, 7) is 16.3. The summed E-state index contributed by atoms with van der Waals surface area (Å²) in [4.78, 5) is 16.3. The zero-order valence-corrected chi connectivity index (χ0v) is 20.5. The molecular weight excluding hydrogens is 428 g/mol. The Hall–Kier alpha value is -3.25. The van der Waals surface area contributed by atoms with Gasteiger partial charge in [0.15, 0.2) is 0 Å². The van der Waals surface area contributed by atoms with Crippen LogP contribution < -0.4 is 0 Å². The summed E-state index contributed by atoms with van der Waals surface area (Å²) < 4.78 is 5.49. The Kier molecular flexibility index (Phi) is 8.05. The van der Waals surface area contributed by atoms with Gasteiger partial charge in [-0.15, -0.1) is 13.2 Å². The zero-order valence-electron chi connectivity index (χ0n) is 20.5. The number of phenolic OH excluding ortho intramolecular Hbond substituents is 2. The minimum atomic E-state index is -0.512. The van der Waals surface area contributed by atoms with E-state index in [0.29, 0.717) is 45.6 Å². The Labute approximate surface area is 202 Å². The van der Waals surface area contributed by atoms with Crippen LogP contribution in [-0.2, 0) is 24.1 Å². The number of rotatable bonds is 7. The molecule has 1 saturated heterocycles. The predicted molar refractivity (Wildman–Crippen MR) is 136 cm³/mol. The number of ether oxygens (including phenoxy) is 1. The second-order valence-electron chi connectivity index (χ2n) is 9.72. The number of carbonyl (C=O) groups is 1. The zero-order chi connectivity index (χ0) is 24.9. The quantitative estimate of drug-likeness (QED) is 0.546. The SMILES string of the molecule is C=CCc1cc(CN2CCN(C(=O)OC(C)(C)C)CC2)c(O)c(-c2ccc(O)c(CC=C)c2)c1. The van der Waals surface area contributed by atoms with Crippen LogP contribution >= 0.6 is 0 Å². The van der Waals surface area contributed by atoms with Crippen molar-refractivity contribution in [1.82, 2.24) is 9.80 Å². The lowest BCUT2D eigenvalue weighted by Crippen LogP contribution is -2.49. The minimum Gasteiger partial charge on any atom is -0.508 e. The van der Waals surface area contributed by atoms with Gasteiger partial charge in [-0.3, -0.25) is 4.90 Å². The van der Waals surface area contributed by atoms with Gasteiger partial charge in [-0.2, -0.15) is 0 Å². The first-order valence-corrected chi connectivity index (χ1v) is 11.7. The number of nitrogens with zero attached hydrogens (tertiary/aromatic N) is 2. The van der Waals surface area contributed by atoms with Crippen LogP contribution in [0, 0.1) is 0 Å². The number of hydrogen-bond acceptors (Lipinski definition) is 5. The molecule has 1 aliphatic heterocycles. The molecule has 2 aromatic rings. The van der Waals surface area contributed by atoms with E-state index in [0.717, 1.165) is 27.8 Å². The molecule has 0 atom stereocenters. The molecule has 34 heavy (non-hydrogen) atoms. The van der Waals surface area contributed by atoms with Gasteiger partial charge >= 0.3 is 6.09 Å². The van der Waals surface area contributed by atoms with Crippen LogP contribution in [0.4, 0.5) is 4.79 Å². The second kappa shape index (κ2) is 10.8. The summed E-state index contributed by atoms with van der Waals surface area (Å²) in [7, 11) is 0. The number of hydrogen-bond donors (Lipinski definition) is 2. The second-order valence-corrected chi connectivity index (χ2v) is 9.72. The van der Waals surface area contributed by atoms with Crippen molar-refractivity contribution in [3.8, 4) is 22.6 Å². The Bertz CT molecular complexity index is 1050. The molecule has 1 heterocycles. The van der Waals surface area contributed by atoms with E-state index in [4.69, 9.17) is 4.74 Å². The molecule has 6 nitrogen and oxygen atoms in total. The van der Waals surface area contributed by atoms with Crippen molar-refractivity contribution in [2.75, 3.05) is 26.2 Å². The standard InChI is InChI=1S/C28H36N2O4/c1-6-8-20-16-23(19-29-12-14-30(15-13-29)27(33)34-28(3,4)5)26(32)24(17-20)21-10-11-25(31)22(18-21)9-7-2/h6-7,10-11,16-18,31-32H,1-2,8-9,12-15,19H2,3-5H3. The van der Waals surface area contributed by atoms with Gasteiger partial charge in [0, 0.05) is 43.9 Å². The largest absolute Gasteiger partial charge is 0.508 e. The molecule has 0 unspecified atom stereocenters. The van der Waals surface area contributed by atoms with Crippen molar-refractivity contribution >= 4 is 6.09 Å². The molecular formula is C28H36N2O4. The third-order valence-corrected chi connectivity index (χ3v) is 5.80. The average Bonchev–Trinajstić information content (AvgIpc) is 2.77. The molecule has 0 radical (unpaired) electrons. The molecule has 6 heteroatoms. The van der Waals surface area contributed by atoms with E-state index in [9.17, 15) is 15.0 Å². The molecule has 0 spiro atoms. The first kappa shape index (κ1) is 25.4. The normalized spacial score (nSPS) is 14.6. The van der Waals surface area contributed by atoms with Gasteiger partial charge in [-0.25, -0.2) is 4.79 Å². The van der Waals surface area contributed by atoms with E-state index in [2.05, 4.69) is 18.1 Å². The van der Waals surface area contributed by atoms with Crippen LogP contribution in [0.2, 0.25) is 0 Å². The highest BCUT2D eigenvalue weighted by molar-refractivity contribution is 5.74. The number of allylic oxidation sites excluding steroid dienone is 2. The number of phenols is 2. The number of aromatic hydroxyl groups is 2. The highest BCUT2D eigenvalue weighted by Crippen LogP contribution is 2.37. The fourth-order valence-corrected chi connectivity index (χ4v) is 4.11. The molecule has 1 fully saturated rings. The first-order chi connectivity index (χ1) is 16.1. The lowest BCUT2D eigenvalue weighted by molar-refractivity contribution is 0.0138. The molecule has 1 aliphatic rings. The molecule has 0 saturated carbocycles. The van der Waals surface area contributed by atoms with E-state index >= 15 is 0 Å². The van der Waals surface area contributed by atoms with Crippen molar-refractivity contribution in [3.05, 3.63) is 72.3 Å². The van der Waals surface area contributed by atoms with Crippen LogP contribution in [0.15, 0.2) is 55.6 Å². The molecule has 2 aromatic carbocycles. The maximum atomic E-state index is 12.4. The average molecular weight is 465 g/mol. The monoisotopic (exact) mass is 464 g/mol. The lowest BCUT2D eigenvalue weighted by atomic mass is 9.94. The summed E-state index contributed by atoms with van der Waals surface area (Å²) >= 11 is 0. The summed E-state index contributed by atoms with van der Waals surface area (Å²) in [6.07, 6.45) is 4.54. The fourth-order valence-electron chi connectivity index (χ4n) is 4.11. The first-order valence-electron chi connectivity index (χ1n) is 11.7. The van der Waals surface area contributed by atoms with E-state index in [1.165, 1.54) is 0 Å². The van der Waals surface area contributed by atoms with Gasteiger partial charge in [-0.05, 0) is 68.5 Å². The van der Waals surface area contributed by atoms with Crippen LogP contribution in [0.25, 0.3) is 11.1 Å². The molecule has 2 N–H and O–H groups in total. The van der Waals surface area contributed by atoms with E-state index in [1.54, 1.807) is 17.0 Å². The number of amides is 1. The summed E-state index contributed by atoms with van der Waals surface area (Å²) in [5.74, 6) is 0.450. The smallest absolute Gasteiger partial charge is 0.410 e. The number of carbonyl (C=O) groups excluding carboxylic acids is 1. The summed E-state index contributed by atoms with van der Waals surface area (Å²) in [5, 5.41) is 21.4. The van der Waals surface area contributed by atoms with Crippen molar-refractivity contribution in [2.45, 2.75) is 45.8 Å². The van der Waals surface area contributed by atoms with E-state index in [-0.39, 0.29) is 17.6 Å². The van der Waals surface area contributed by atoms with Gasteiger partial charge in [0.25, 0.3) is 0 Å². The Morgan fingerprint density at radius 2 is 1.68 bits per heavy atom. The van der Waals surface area contributed by atoms with Crippen molar-refractivity contribution in [2.24, 2.45) is 0 Å². The third kappa shape index (κ3) is 6.41. The van der Waals surface area contributed by atoms with Gasteiger partial charge in [0.2, 0.25) is 0 Å². The minimum absolute atomic E-state index is 0.216. The Morgan fingerprint density at radius 3 is 2.29 bits per heavy atom. The maximum Gasteiger partial charge on any atom is 0.410 e. The van der Waals surface area contributed by atoms with Crippen LogP contribution in [-0.4, -0.2) is 57.9 Å². The maximum absolute atomic E-state index is 12.4. The molecule has 1 amide bonds. The molecule has 3 rings (SSSR count). The van der Waals surface area contributed by atoms with Gasteiger partial charge < -0.3 is 19.8 Å². The molecule has 0 aliphatic carbocycles. The van der Waals surface area contributed by atoms with Crippen LogP contribution in [0.3, 0.4) is 0 Å². The van der Waals surface area contributed by atoms with Crippen molar-refractivity contribution in [3.63, 3.8) is 0 Å². The third-order valence-electron chi connectivity index (χ3n) is 5.80. The van der Waals surface area contributed by atoms with Crippen molar-refractivity contribution in [1.29, 1.82) is 0 Å². The number of piperazine rings is 1. The Morgan fingerprint density at radius 1 is 1.00 bits per heavy atom. The summed E-state index contributed by atoms with van der Waals surface area (Å²) in [5.41, 5.74) is 3.71. The summed E-state index contributed by atoms with van der Waals surface area (Å²) in [6, 6.07) is 9.37. The van der Waals surface area contributed by atoms with Gasteiger partial charge in [0.05, 0.1) is 0 Å². The molecule has 182 valence electrons. The molecule has 0 bridgehead atoms. The van der Waals surface area contributed by atoms with E-state index < -0.39 is 5.60 Å². The fraction of sp³-hybridized carbons (Fsp3) is 0.393. The topological polar surface area (TPSA) is 73.2 Å². The van der Waals surface area contributed by atoms with Crippen LogP contribution in [0.5, 0.6) is 11.5 Å². The van der Waals surface area contributed by atoms with Crippen LogP contribution in [0.1, 0.15) is 37.5 Å². The number of benzene rings is 2. The van der Waals surface area contributed by atoms with E-state index in [1.807, 2.05) is 51.1 Å². The van der Waals surface area contributed by atoms with Crippen molar-refractivity contribution < 1.29 is 19.7 Å². The predicted octanol–water partition coefficient (Wildman–Crippen LogP) is 5.27. The molecule has 0 aromatic heterocycles. The van der Waals surface area contributed by atoms with Gasteiger partial charge in [0.1, 0.15) is 17.1 Å². The Balaban J connectivity index is 1.81. The lowest BCUT2D eigenvalue weighted by Gasteiger charge is -2.35. The van der Waals surface area contributed by atoms with Gasteiger partial charge in [-0.1, -0.05) is 24.3 Å².